The lowest BCUT2D eigenvalue weighted by Crippen LogP contribution is -2.52. The smallest absolute Gasteiger partial charge is 0.343 e. The summed E-state index contributed by atoms with van der Waals surface area (Å²) in [6.07, 6.45) is 2.61. The molecular weight excluding hydrogens is 438 g/mol. The molecule has 1 spiro atoms. The summed E-state index contributed by atoms with van der Waals surface area (Å²) in [4.78, 5) is 49.6. The summed E-state index contributed by atoms with van der Waals surface area (Å²) in [5.41, 5.74) is 1.29. The first-order valence-electron chi connectivity index (χ1n) is 10.2. The molecule has 1 aliphatic carbocycles. The number of nitrogens with zero attached hydrogens (tertiary/aromatic N) is 2. The summed E-state index contributed by atoms with van der Waals surface area (Å²) in [6, 6.07) is 4.69. The number of imide groups is 1. The number of nitrogens with one attached hydrogen (secondary N) is 3. The van der Waals surface area contributed by atoms with E-state index in [1.54, 1.807) is 0 Å². The Balaban J connectivity index is 1.59. The van der Waals surface area contributed by atoms with Crippen molar-refractivity contribution < 1.29 is 27.6 Å². The summed E-state index contributed by atoms with van der Waals surface area (Å²) in [5, 5.41) is 5.71. The third kappa shape index (κ3) is 4.60. The van der Waals surface area contributed by atoms with Crippen LogP contribution in [-0.2, 0) is 19.6 Å². The second-order valence-electron chi connectivity index (χ2n) is 8.37. The summed E-state index contributed by atoms with van der Waals surface area (Å²) in [6.45, 7) is 1.58. The zero-order valence-corrected chi connectivity index (χ0v) is 19.0. The molecule has 1 heterocycles. The second kappa shape index (κ2) is 8.87. The van der Waals surface area contributed by atoms with E-state index in [1.165, 1.54) is 38.4 Å². The Morgan fingerprint density at radius 2 is 1.88 bits per heavy atom. The highest BCUT2D eigenvalue weighted by Gasteiger charge is 2.52. The molecule has 3 N–H and O–H groups in total. The lowest BCUT2D eigenvalue weighted by molar-refractivity contribution is -0.139. The van der Waals surface area contributed by atoms with Gasteiger partial charge in [0.2, 0.25) is 10.0 Å². The molecule has 174 valence electrons. The van der Waals surface area contributed by atoms with Crippen LogP contribution in [0, 0.1) is 5.92 Å². The summed E-state index contributed by atoms with van der Waals surface area (Å²) in [5.74, 6) is -1.47. The van der Waals surface area contributed by atoms with Crippen molar-refractivity contribution in [3.05, 3.63) is 29.8 Å². The average molecular weight is 466 g/mol. The number of hydrazine groups is 1. The highest BCUT2D eigenvalue weighted by molar-refractivity contribution is 7.89. The van der Waals surface area contributed by atoms with Gasteiger partial charge in [-0.1, -0.05) is 13.0 Å². The van der Waals surface area contributed by atoms with Crippen LogP contribution in [0.4, 0.5) is 4.79 Å². The molecule has 32 heavy (non-hydrogen) atoms. The van der Waals surface area contributed by atoms with Gasteiger partial charge in [0.05, 0.1) is 11.4 Å². The first-order valence-corrected chi connectivity index (χ1v) is 11.7. The maximum absolute atomic E-state index is 12.8. The minimum atomic E-state index is -3.72. The Bertz CT molecular complexity index is 1050. The van der Waals surface area contributed by atoms with Crippen molar-refractivity contribution in [2.45, 2.75) is 43.0 Å². The van der Waals surface area contributed by atoms with Crippen LogP contribution in [0.25, 0.3) is 0 Å². The molecule has 1 aromatic carbocycles. The molecule has 2 fully saturated rings. The largest absolute Gasteiger partial charge is 0.344 e. The number of sulfonamides is 1. The van der Waals surface area contributed by atoms with E-state index in [1.807, 2.05) is 0 Å². The van der Waals surface area contributed by atoms with E-state index in [0.29, 0.717) is 23.8 Å². The molecule has 1 saturated heterocycles. The Hall–Kier alpha value is -2.99. The topological polar surface area (TPSA) is 145 Å². The van der Waals surface area contributed by atoms with Crippen LogP contribution in [0.1, 0.15) is 43.0 Å². The van der Waals surface area contributed by atoms with E-state index in [0.717, 1.165) is 17.1 Å². The minimum Gasteiger partial charge on any atom is -0.343 e. The van der Waals surface area contributed by atoms with Crippen molar-refractivity contribution in [3.8, 4) is 0 Å². The molecule has 0 atom stereocenters. The minimum absolute atomic E-state index is 0.0472. The molecule has 0 bridgehead atoms. The van der Waals surface area contributed by atoms with Gasteiger partial charge in [0.15, 0.2) is 0 Å². The summed E-state index contributed by atoms with van der Waals surface area (Å²) >= 11 is 0. The standard InChI is InChI=1S/C20H27N5O6S/c1-13-7-9-20(10-8-13)18(28)25(19(29)22-20)23-16(26)12-21-17(27)14-5-4-6-15(11-14)32(30,31)24(2)3/h4-6,11,13H,7-10,12H2,1-3H3,(H,21,27)(H,22,29)(H,23,26). The molecule has 0 aromatic heterocycles. The van der Waals surface area contributed by atoms with E-state index in [-0.39, 0.29) is 10.5 Å². The number of carbonyl (C=O) groups excluding carboxylic acids is 4. The fraction of sp³-hybridized carbons (Fsp3) is 0.500. The van der Waals surface area contributed by atoms with Crippen molar-refractivity contribution in [3.63, 3.8) is 0 Å². The van der Waals surface area contributed by atoms with Crippen LogP contribution in [-0.4, -0.2) is 67.7 Å². The molecule has 1 aromatic rings. The zero-order valence-electron chi connectivity index (χ0n) is 18.2. The molecule has 1 aliphatic heterocycles. The number of benzene rings is 1. The summed E-state index contributed by atoms with van der Waals surface area (Å²) < 4.78 is 25.5. The van der Waals surface area contributed by atoms with E-state index in [9.17, 15) is 27.6 Å². The maximum atomic E-state index is 12.8. The second-order valence-corrected chi connectivity index (χ2v) is 10.5. The van der Waals surface area contributed by atoms with Crippen LogP contribution >= 0.6 is 0 Å². The highest BCUT2D eigenvalue weighted by Crippen LogP contribution is 2.35. The molecule has 5 amide bonds. The van der Waals surface area contributed by atoms with Crippen LogP contribution in [0.15, 0.2) is 29.2 Å². The molecule has 0 unspecified atom stereocenters. The third-order valence-electron chi connectivity index (χ3n) is 5.81. The van der Waals surface area contributed by atoms with Crippen molar-refractivity contribution in [2.24, 2.45) is 5.92 Å². The number of rotatable bonds is 6. The van der Waals surface area contributed by atoms with Crippen LogP contribution < -0.4 is 16.1 Å². The Morgan fingerprint density at radius 3 is 2.50 bits per heavy atom. The van der Waals surface area contributed by atoms with Gasteiger partial charge in [-0.3, -0.25) is 19.8 Å². The van der Waals surface area contributed by atoms with Crippen molar-refractivity contribution in [1.82, 2.24) is 25.4 Å². The number of hydrogen-bond acceptors (Lipinski definition) is 6. The van der Waals surface area contributed by atoms with E-state index < -0.39 is 45.9 Å². The SMILES string of the molecule is CC1CCC2(CC1)NC(=O)N(NC(=O)CNC(=O)c1cccc(S(=O)(=O)N(C)C)c1)C2=O. The lowest BCUT2D eigenvalue weighted by atomic mass is 9.77. The highest BCUT2D eigenvalue weighted by atomic mass is 32.2. The third-order valence-corrected chi connectivity index (χ3v) is 7.62. The quantitative estimate of drug-likeness (QED) is 0.512. The van der Waals surface area contributed by atoms with Gasteiger partial charge in [-0.2, -0.15) is 5.01 Å². The predicted octanol–water partition coefficient (Wildman–Crippen LogP) is 0.199. The van der Waals surface area contributed by atoms with Crippen LogP contribution in [0.3, 0.4) is 0 Å². The fourth-order valence-corrected chi connectivity index (χ4v) is 4.70. The Morgan fingerprint density at radius 1 is 1.22 bits per heavy atom. The average Bonchev–Trinajstić information content (AvgIpc) is 2.98. The molecule has 0 radical (unpaired) electrons. The molecule has 1 saturated carbocycles. The van der Waals surface area contributed by atoms with E-state index >= 15 is 0 Å². The normalized spacial score (nSPS) is 23.4. The molecule has 12 heteroatoms. The first-order chi connectivity index (χ1) is 15.0. The molecule has 11 nitrogen and oxygen atoms in total. The van der Waals surface area contributed by atoms with Crippen molar-refractivity contribution >= 4 is 33.8 Å². The Kier molecular flexibility index (Phi) is 6.56. The van der Waals surface area contributed by atoms with Gasteiger partial charge in [0.1, 0.15) is 5.54 Å². The molecular formula is C20H27N5O6S. The van der Waals surface area contributed by atoms with E-state index in [2.05, 4.69) is 23.0 Å². The van der Waals surface area contributed by atoms with Crippen molar-refractivity contribution in [1.29, 1.82) is 0 Å². The monoisotopic (exact) mass is 465 g/mol. The summed E-state index contributed by atoms with van der Waals surface area (Å²) in [7, 11) is -0.973. The molecule has 3 rings (SSSR count). The van der Waals surface area contributed by atoms with Crippen molar-refractivity contribution in [2.75, 3.05) is 20.6 Å². The van der Waals surface area contributed by atoms with E-state index in [4.69, 9.17) is 0 Å². The maximum Gasteiger partial charge on any atom is 0.344 e. The number of urea groups is 1. The predicted molar refractivity (Wildman–Crippen MR) is 114 cm³/mol. The Labute approximate surface area is 186 Å². The van der Waals surface area contributed by atoms with Gasteiger partial charge >= 0.3 is 6.03 Å². The van der Waals surface area contributed by atoms with Gasteiger partial charge in [-0.05, 0) is 49.8 Å². The lowest BCUT2D eigenvalue weighted by Gasteiger charge is -2.33. The zero-order chi connectivity index (χ0) is 23.7. The van der Waals surface area contributed by atoms with Gasteiger partial charge in [-0.15, -0.1) is 0 Å². The van der Waals surface area contributed by atoms with Crippen LogP contribution in [0.2, 0.25) is 0 Å². The number of amides is 5. The fourth-order valence-electron chi connectivity index (χ4n) is 3.75. The van der Waals surface area contributed by atoms with Gasteiger partial charge in [0, 0.05) is 19.7 Å². The van der Waals surface area contributed by atoms with Crippen LogP contribution in [0.5, 0.6) is 0 Å². The first kappa shape index (κ1) is 23.7. The van der Waals surface area contributed by atoms with Gasteiger partial charge in [0.25, 0.3) is 17.7 Å². The van der Waals surface area contributed by atoms with Gasteiger partial charge in [-0.25, -0.2) is 17.5 Å². The molecule has 2 aliphatic rings. The number of carbonyl (C=O) groups is 4. The van der Waals surface area contributed by atoms with Gasteiger partial charge < -0.3 is 10.6 Å². The number of hydrogen-bond donors (Lipinski definition) is 3.